The summed E-state index contributed by atoms with van der Waals surface area (Å²) >= 11 is 28.8. The van der Waals surface area contributed by atoms with Crippen LogP contribution in [-0.4, -0.2) is 57.3 Å². The van der Waals surface area contributed by atoms with E-state index in [1.165, 1.54) is 6.92 Å². The third kappa shape index (κ3) is 459. The molecule has 0 aliphatic rings. The van der Waals surface area contributed by atoms with Crippen LogP contribution in [0.25, 0.3) is 0 Å². The monoisotopic (exact) mass is 434 g/mol. The molecule has 0 aromatic carbocycles. The van der Waals surface area contributed by atoms with E-state index in [2.05, 4.69) is 4.74 Å². The van der Waals surface area contributed by atoms with Gasteiger partial charge in [0.15, 0.2) is 8.59 Å². The van der Waals surface area contributed by atoms with Gasteiger partial charge in [-0.25, -0.2) is 0 Å². The van der Waals surface area contributed by atoms with Crippen LogP contribution < -0.4 is 0 Å². The standard InChI is InChI=1S/C4H8O2.C2H6O.2CHCl3.2CH4O/c1-3-6-4(2)5;1-2-3;2*2-1(3)4;2*1-2/h3H2,1-2H3;3H,2H2,1H3;2*1H;2*2H,1H3. The van der Waals surface area contributed by atoms with Gasteiger partial charge in [0.1, 0.15) is 0 Å². The molecule has 0 fully saturated rings. The molecule has 0 saturated carbocycles. The Morgan fingerprint density at radius 1 is 0.905 bits per heavy atom. The molecule has 3 N–H and O–H groups in total. The fraction of sp³-hybridized carbons (Fsp3) is 0.900. The Morgan fingerprint density at radius 3 is 1.05 bits per heavy atom. The zero-order valence-electron chi connectivity index (χ0n) is 12.5. The maximum Gasteiger partial charge on any atom is 0.302 e. The van der Waals surface area contributed by atoms with Crippen molar-refractivity contribution in [3.05, 3.63) is 0 Å². The summed E-state index contributed by atoms with van der Waals surface area (Å²) in [6.07, 6.45) is 0. The maximum absolute atomic E-state index is 9.82. The molecule has 0 bridgehead atoms. The van der Waals surface area contributed by atoms with Gasteiger partial charge in [-0.1, -0.05) is 69.6 Å². The van der Waals surface area contributed by atoms with Crippen LogP contribution in [0.1, 0.15) is 20.8 Å². The topological polar surface area (TPSA) is 87.0 Å². The molecule has 5 nitrogen and oxygen atoms in total. The second-order valence-corrected chi connectivity index (χ2v) is 5.69. The number of aliphatic hydroxyl groups excluding tert-OH is 3. The number of alkyl halides is 6. The van der Waals surface area contributed by atoms with E-state index in [0.29, 0.717) is 6.61 Å². The van der Waals surface area contributed by atoms with E-state index in [0.717, 1.165) is 14.2 Å². The average Bonchev–Trinajstić information content (AvgIpc) is 2.33. The van der Waals surface area contributed by atoms with E-state index in [1.54, 1.807) is 13.8 Å². The quantitative estimate of drug-likeness (QED) is 0.430. The van der Waals surface area contributed by atoms with E-state index in [4.69, 9.17) is 84.9 Å². The van der Waals surface area contributed by atoms with Crippen molar-refractivity contribution in [1.82, 2.24) is 0 Å². The van der Waals surface area contributed by atoms with Crippen molar-refractivity contribution < 1.29 is 24.9 Å². The van der Waals surface area contributed by atoms with Gasteiger partial charge in [0, 0.05) is 27.8 Å². The fourth-order valence-corrected chi connectivity index (χ4v) is 0.203. The molecule has 0 amide bonds. The van der Waals surface area contributed by atoms with Gasteiger partial charge >= 0.3 is 5.97 Å². The van der Waals surface area contributed by atoms with Crippen LogP contribution in [0.3, 0.4) is 0 Å². The van der Waals surface area contributed by atoms with Gasteiger partial charge in [-0.2, -0.15) is 0 Å². The second kappa shape index (κ2) is 49.7. The highest BCUT2D eigenvalue weighted by atomic mass is 35.6. The van der Waals surface area contributed by atoms with Crippen LogP contribution in [0, 0.1) is 0 Å². The van der Waals surface area contributed by atoms with Gasteiger partial charge in [-0.05, 0) is 13.8 Å². The first-order valence-corrected chi connectivity index (χ1v) is 7.75. The van der Waals surface area contributed by atoms with E-state index >= 15 is 0 Å². The van der Waals surface area contributed by atoms with Gasteiger partial charge in [0.05, 0.1) is 6.61 Å². The summed E-state index contributed by atoms with van der Waals surface area (Å²) in [6, 6.07) is 0. The predicted molar refractivity (Wildman–Crippen MR) is 94.0 cm³/mol. The van der Waals surface area contributed by atoms with Crippen LogP contribution in [0.5, 0.6) is 0 Å². The molecule has 0 atom stereocenters. The first-order valence-electron chi connectivity index (χ1n) is 5.13. The van der Waals surface area contributed by atoms with Crippen LogP contribution >= 0.6 is 69.6 Å². The lowest BCUT2D eigenvalue weighted by atomic mass is 10.8. The number of ether oxygens (including phenoxy) is 1. The summed E-state index contributed by atoms with van der Waals surface area (Å²) in [6.45, 7) is 5.58. The molecule has 11 heteroatoms. The Hall–Kier alpha value is 1.09. The number of esters is 1. The maximum atomic E-state index is 9.82. The molecule has 0 aromatic heterocycles. The van der Waals surface area contributed by atoms with Crippen molar-refractivity contribution in [3.63, 3.8) is 0 Å². The van der Waals surface area contributed by atoms with Crippen molar-refractivity contribution in [2.75, 3.05) is 27.4 Å². The lowest BCUT2D eigenvalue weighted by molar-refractivity contribution is -0.140. The van der Waals surface area contributed by atoms with E-state index < -0.39 is 8.59 Å². The smallest absolute Gasteiger partial charge is 0.302 e. The van der Waals surface area contributed by atoms with Crippen LogP contribution in [-0.2, 0) is 9.53 Å². The molecular formula is C10H24Cl6O5. The van der Waals surface area contributed by atoms with Gasteiger partial charge in [0.25, 0.3) is 0 Å². The van der Waals surface area contributed by atoms with E-state index in [-0.39, 0.29) is 12.6 Å². The van der Waals surface area contributed by atoms with Crippen molar-refractivity contribution in [3.8, 4) is 0 Å². The third-order valence-corrected chi connectivity index (χ3v) is 0.348. The molecule has 0 saturated heterocycles. The van der Waals surface area contributed by atoms with Gasteiger partial charge < -0.3 is 20.1 Å². The normalized spacial score (nSPS) is 7.05. The highest BCUT2D eigenvalue weighted by Gasteiger charge is 1.81. The number of halogens is 6. The Kier molecular flexibility index (Phi) is 89.8. The van der Waals surface area contributed by atoms with Crippen molar-refractivity contribution >= 4 is 75.6 Å². The minimum atomic E-state index is -0.750. The minimum absolute atomic E-state index is 0.211. The average molecular weight is 437 g/mol. The molecule has 136 valence electrons. The highest BCUT2D eigenvalue weighted by molar-refractivity contribution is 6.63. The summed E-state index contributed by atoms with van der Waals surface area (Å²) in [5, 5.41) is 21.6. The molecule has 0 aromatic rings. The fourth-order valence-electron chi connectivity index (χ4n) is 0.203. The number of carbonyl (C=O) groups excluding carboxylic acids is 1. The predicted octanol–water partition coefficient (Wildman–Crippen LogP) is 3.76. The van der Waals surface area contributed by atoms with E-state index in [1.807, 2.05) is 0 Å². The molecule has 0 aliphatic carbocycles. The van der Waals surface area contributed by atoms with Crippen molar-refractivity contribution in [1.29, 1.82) is 0 Å². The highest BCUT2D eigenvalue weighted by Crippen LogP contribution is 2.04. The summed E-state index contributed by atoms with van der Waals surface area (Å²) in [5.41, 5.74) is 0. The van der Waals surface area contributed by atoms with Crippen molar-refractivity contribution in [2.45, 2.75) is 29.4 Å². The Labute approximate surface area is 157 Å². The SMILES string of the molecule is CCO.CCOC(C)=O.CO.CO.ClC(Cl)Cl.ClC(Cl)Cl. The number of hydrogen-bond donors (Lipinski definition) is 3. The summed E-state index contributed by atoms with van der Waals surface area (Å²) in [5.74, 6) is -0.211. The van der Waals surface area contributed by atoms with Crippen LogP contribution in [0.15, 0.2) is 0 Å². The van der Waals surface area contributed by atoms with Crippen LogP contribution in [0.4, 0.5) is 0 Å². The zero-order valence-corrected chi connectivity index (χ0v) is 17.0. The zero-order chi connectivity index (χ0) is 18.9. The number of carbonyl (C=O) groups is 1. The molecule has 0 rings (SSSR count). The largest absolute Gasteiger partial charge is 0.466 e. The number of rotatable bonds is 1. The van der Waals surface area contributed by atoms with Crippen LogP contribution in [0.2, 0.25) is 0 Å². The molecule has 21 heavy (non-hydrogen) atoms. The molecule has 0 spiro atoms. The first-order chi connectivity index (χ1) is 9.65. The summed E-state index contributed by atoms with van der Waals surface area (Å²) < 4.78 is 2.90. The Morgan fingerprint density at radius 2 is 1.05 bits per heavy atom. The molecule has 0 radical (unpaired) electrons. The molecule has 0 aliphatic heterocycles. The first kappa shape index (κ1) is 38.0. The Bertz CT molecular complexity index is 130. The van der Waals surface area contributed by atoms with Gasteiger partial charge in [-0.15, -0.1) is 0 Å². The summed E-state index contributed by atoms with van der Waals surface area (Å²) in [4.78, 5) is 9.82. The number of aliphatic hydroxyl groups is 3. The van der Waals surface area contributed by atoms with Gasteiger partial charge in [-0.3, -0.25) is 4.79 Å². The van der Waals surface area contributed by atoms with Gasteiger partial charge in [0.2, 0.25) is 0 Å². The lowest BCUT2D eigenvalue weighted by Crippen LogP contribution is -1.95. The summed E-state index contributed by atoms with van der Waals surface area (Å²) in [7, 11) is 2.00. The minimum Gasteiger partial charge on any atom is -0.466 e. The molecule has 0 heterocycles. The molecular weight excluding hydrogens is 413 g/mol. The second-order valence-electron chi connectivity index (χ2n) is 1.74. The third-order valence-electron chi connectivity index (χ3n) is 0.348. The van der Waals surface area contributed by atoms with E-state index in [9.17, 15) is 4.79 Å². The van der Waals surface area contributed by atoms with Crippen molar-refractivity contribution in [2.24, 2.45) is 0 Å². The number of hydrogen-bond acceptors (Lipinski definition) is 5. The Balaban J connectivity index is -0.0000000338. The molecule has 0 unspecified atom stereocenters. The lowest BCUT2D eigenvalue weighted by Gasteiger charge is -1.89.